The van der Waals surface area contributed by atoms with Gasteiger partial charge in [-0.15, -0.1) is 6.42 Å². The summed E-state index contributed by atoms with van der Waals surface area (Å²) in [6.45, 7) is 0. The van der Waals surface area contributed by atoms with E-state index in [2.05, 4.69) is 15.9 Å². The molecular formula is C13H10N2O. The molecule has 0 saturated carbocycles. The number of methoxy groups -OCH3 is 1. The van der Waals surface area contributed by atoms with Crippen LogP contribution in [-0.2, 0) is 0 Å². The normalized spacial score (nSPS) is 9.50. The van der Waals surface area contributed by atoms with Crippen molar-refractivity contribution in [3.63, 3.8) is 0 Å². The van der Waals surface area contributed by atoms with Crippen LogP contribution in [0.2, 0.25) is 0 Å². The highest BCUT2D eigenvalue weighted by Gasteiger charge is 2.09. The molecule has 0 saturated heterocycles. The molecule has 2 rings (SSSR count). The van der Waals surface area contributed by atoms with E-state index in [1.54, 1.807) is 19.5 Å². The number of rotatable bonds is 2. The summed E-state index contributed by atoms with van der Waals surface area (Å²) in [5.41, 5.74) is 2.51. The SMILES string of the molecule is C#Cc1cccc(-c2cncnc2)c1OC. The fraction of sp³-hybridized carbons (Fsp3) is 0.0769. The second-order valence-corrected chi connectivity index (χ2v) is 3.16. The summed E-state index contributed by atoms with van der Waals surface area (Å²) in [6, 6.07) is 5.66. The molecule has 16 heavy (non-hydrogen) atoms. The molecule has 2 aromatic rings. The molecule has 0 aliphatic carbocycles. The van der Waals surface area contributed by atoms with Crippen LogP contribution in [-0.4, -0.2) is 17.1 Å². The van der Waals surface area contributed by atoms with Gasteiger partial charge in [0, 0.05) is 23.5 Å². The van der Waals surface area contributed by atoms with Crippen molar-refractivity contribution < 1.29 is 4.74 Å². The smallest absolute Gasteiger partial charge is 0.142 e. The number of terminal acetylenes is 1. The summed E-state index contributed by atoms with van der Waals surface area (Å²) < 4.78 is 5.32. The van der Waals surface area contributed by atoms with Gasteiger partial charge >= 0.3 is 0 Å². The summed E-state index contributed by atoms with van der Waals surface area (Å²) in [4.78, 5) is 7.95. The zero-order valence-corrected chi connectivity index (χ0v) is 8.84. The molecule has 1 heterocycles. The summed E-state index contributed by atoms with van der Waals surface area (Å²) in [5.74, 6) is 3.27. The number of hydrogen-bond acceptors (Lipinski definition) is 3. The van der Waals surface area contributed by atoms with Gasteiger partial charge in [0.25, 0.3) is 0 Å². The van der Waals surface area contributed by atoms with Crippen LogP contribution in [0.1, 0.15) is 5.56 Å². The van der Waals surface area contributed by atoms with E-state index in [4.69, 9.17) is 11.2 Å². The highest BCUT2D eigenvalue weighted by Crippen LogP contribution is 2.31. The molecule has 1 aromatic heterocycles. The third kappa shape index (κ3) is 1.73. The van der Waals surface area contributed by atoms with Crippen LogP contribution in [0.5, 0.6) is 5.75 Å². The summed E-state index contributed by atoms with van der Waals surface area (Å²) in [6.07, 6.45) is 10.4. The molecule has 0 bridgehead atoms. The van der Waals surface area contributed by atoms with E-state index in [0.29, 0.717) is 5.75 Å². The number of para-hydroxylation sites is 1. The Hall–Kier alpha value is -2.34. The molecule has 0 aliphatic rings. The minimum absolute atomic E-state index is 0.680. The molecule has 0 radical (unpaired) electrons. The number of benzene rings is 1. The highest BCUT2D eigenvalue weighted by atomic mass is 16.5. The average Bonchev–Trinajstić information content (AvgIpc) is 2.38. The molecule has 0 unspecified atom stereocenters. The Morgan fingerprint density at radius 2 is 2.00 bits per heavy atom. The van der Waals surface area contributed by atoms with E-state index in [1.165, 1.54) is 6.33 Å². The van der Waals surface area contributed by atoms with E-state index < -0.39 is 0 Å². The van der Waals surface area contributed by atoms with Crippen molar-refractivity contribution >= 4 is 0 Å². The van der Waals surface area contributed by atoms with Crippen molar-refractivity contribution in [3.8, 4) is 29.2 Å². The lowest BCUT2D eigenvalue weighted by atomic mass is 10.0. The molecule has 3 nitrogen and oxygen atoms in total. The maximum Gasteiger partial charge on any atom is 0.142 e. The van der Waals surface area contributed by atoms with E-state index in [9.17, 15) is 0 Å². The van der Waals surface area contributed by atoms with Gasteiger partial charge in [-0.2, -0.15) is 0 Å². The maximum atomic E-state index is 5.41. The Kier molecular flexibility index (Phi) is 2.84. The van der Waals surface area contributed by atoms with Gasteiger partial charge in [-0.3, -0.25) is 0 Å². The Labute approximate surface area is 94.1 Å². The summed E-state index contributed by atoms with van der Waals surface area (Å²) >= 11 is 0. The lowest BCUT2D eigenvalue weighted by Crippen LogP contribution is -1.92. The maximum absolute atomic E-state index is 5.41. The van der Waals surface area contributed by atoms with Crippen LogP contribution in [0.25, 0.3) is 11.1 Å². The van der Waals surface area contributed by atoms with Gasteiger partial charge in [0.2, 0.25) is 0 Å². The molecule has 0 aliphatic heterocycles. The lowest BCUT2D eigenvalue weighted by Gasteiger charge is -2.09. The Balaban J connectivity index is 2.62. The summed E-state index contributed by atoms with van der Waals surface area (Å²) in [7, 11) is 1.60. The van der Waals surface area contributed by atoms with Crippen LogP contribution in [0.15, 0.2) is 36.9 Å². The predicted molar refractivity (Wildman–Crippen MR) is 62.0 cm³/mol. The minimum Gasteiger partial charge on any atom is -0.495 e. The molecule has 3 heteroatoms. The number of ether oxygens (including phenoxy) is 1. The van der Waals surface area contributed by atoms with Gasteiger partial charge < -0.3 is 4.74 Å². The molecule has 0 atom stereocenters. The predicted octanol–water partition coefficient (Wildman–Crippen LogP) is 2.13. The second kappa shape index (κ2) is 4.45. The third-order valence-corrected chi connectivity index (χ3v) is 2.25. The van der Waals surface area contributed by atoms with E-state index in [1.807, 2.05) is 18.2 Å². The van der Waals surface area contributed by atoms with Gasteiger partial charge in [-0.05, 0) is 6.07 Å². The fourth-order valence-corrected chi connectivity index (χ4v) is 1.54. The fourth-order valence-electron chi connectivity index (χ4n) is 1.54. The van der Waals surface area contributed by atoms with Crippen molar-refractivity contribution in [1.82, 2.24) is 9.97 Å². The van der Waals surface area contributed by atoms with Gasteiger partial charge in [-0.1, -0.05) is 18.1 Å². The molecule has 0 N–H and O–H groups in total. The van der Waals surface area contributed by atoms with Crippen molar-refractivity contribution in [3.05, 3.63) is 42.5 Å². The first-order chi connectivity index (χ1) is 7.86. The minimum atomic E-state index is 0.680. The van der Waals surface area contributed by atoms with E-state index in [-0.39, 0.29) is 0 Å². The van der Waals surface area contributed by atoms with Crippen LogP contribution in [0.3, 0.4) is 0 Å². The average molecular weight is 210 g/mol. The van der Waals surface area contributed by atoms with Crippen molar-refractivity contribution in [2.24, 2.45) is 0 Å². The van der Waals surface area contributed by atoms with Crippen molar-refractivity contribution in [2.75, 3.05) is 7.11 Å². The Morgan fingerprint density at radius 1 is 1.25 bits per heavy atom. The number of nitrogens with zero attached hydrogens (tertiary/aromatic N) is 2. The van der Waals surface area contributed by atoms with Crippen LogP contribution in [0, 0.1) is 12.3 Å². The topological polar surface area (TPSA) is 35.0 Å². The highest BCUT2D eigenvalue weighted by molar-refractivity contribution is 5.72. The molecule has 78 valence electrons. The number of aromatic nitrogens is 2. The number of hydrogen-bond donors (Lipinski definition) is 0. The largest absolute Gasteiger partial charge is 0.495 e. The van der Waals surface area contributed by atoms with Gasteiger partial charge in [-0.25, -0.2) is 9.97 Å². The first-order valence-electron chi connectivity index (χ1n) is 4.76. The van der Waals surface area contributed by atoms with Crippen LogP contribution >= 0.6 is 0 Å². The van der Waals surface area contributed by atoms with E-state index >= 15 is 0 Å². The Bertz CT molecular complexity index is 529. The Morgan fingerprint density at radius 3 is 2.62 bits per heavy atom. The molecular weight excluding hydrogens is 200 g/mol. The van der Waals surface area contributed by atoms with E-state index in [0.717, 1.165) is 16.7 Å². The van der Waals surface area contributed by atoms with Crippen molar-refractivity contribution in [1.29, 1.82) is 0 Å². The van der Waals surface area contributed by atoms with Crippen molar-refractivity contribution in [2.45, 2.75) is 0 Å². The lowest BCUT2D eigenvalue weighted by molar-refractivity contribution is 0.415. The third-order valence-electron chi connectivity index (χ3n) is 2.25. The van der Waals surface area contributed by atoms with Crippen LogP contribution in [0.4, 0.5) is 0 Å². The zero-order chi connectivity index (χ0) is 11.4. The van der Waals surface area contributed by atoms with Gasteiger partial charge in [0.05, 0.1) is 12.7 Å². The van der Waals surface area contributed by atoms with Gasteiger partial charge in [0.1, 0.15) is 12.1 Å². The monoisotopic (exact) mass is 210 g/mol. The first kappa shape index (κ1) is 10.2. The standard InChI is InChI=1S/C13H10N2O/c1-3-10-5-4-6-12(13(10)16-2)11-7-14-9-15-8-11/h1,4-9H,2H3. The summed E-state index contributed by atoms with van der Waals surface area (Å²) in [5, 5.41) is 0. The van der Waals surface area contributed by atoms with Gasteiger partial charge in [0.15, 0.2) is 0 Å². The molecule has 1 aromatic carbocycles. The first-order valence-corrected chi connectivity index (χ1v) is 4.76. The quantitative estimate of drug-likeness (QED) is 0.712. The zero-order valence-electron chi connectivity index (χ0n) is 8.84. The second-order valence-electron chi connectivity index (χ2n) is 3.16. The molecule has 0 fully saturated rings. The molecule has 0 amide bonds. The molecule has 0 spiro atoms. The van der Waals surface area contributed by atoms with Crippen LogP contribution < -0.4 is 4.74 Å².